The van der Waals surface area contributed by atoms with Crippen LogP contribution in [0, 0.1) is 0 Å². The van der Waals surface area contributed by atoms with Crippen LogP contribution in [0.4, 0.5) is 0 Å². The van der Waals surface area contributed by atoms with E-state index < -0.39 is 5.60 Å². The van der Waals surface area contributed by atoms with Gasteiger partial charge in [0.05, 0.1) is 5.60 Å². The first-order chi connectivity index (χ1) is 7.43. The molecule has 0 unspecified atom stereocenters. The van der Waals surface area contributed by atoms with Crippen LogP contribution in [0.5, 0.6) is 0 Å². The van der Waals surface area contributed by atoms with Crippen molar-refractivity contribution in [1.82, 2.24) is 4.90 Å². The van der Waals surface area contributed by atoms with Crippen LogP contribution < -0.4 is 0 Å². The average Bonchev–Trinajstić information content (AvgIpc) is 2.61. The molecule has 1 aliphatic rings. The number of carbonyl (C=O) groups is 2. The lowest BCUT2D eigenvalue weighted by molar-refractivity contribution is -0.134. The zero-order valence-electron chi connectivity index (χ0n) is 10.2. The first-order valence-electron chi connectivity index (χ1n) is 5.89. The van der Waals surface area contributed by atoms with Crippen molar-refractivity contribution in [1.29, 1.82) is 0 Å². The van der Waals surface area contributed by atoms with Crippen LogP contribution in [-0.2, 0) is 9.59 Å². The number of likely N-dealkylation sites (N-methyl/N-ethyl adjacent to an activating group) is 1. The number of amides is 1. The predicted octanol–water partition coefficient (Wildman–Crippen LogP) is 1.12. The number of ketones is 1. The Labute approximate surface area is 96.6 Å². The number of rotatable bonds is 5. The van der Waals surface area contributed by atoms with Crippen LogP contribution in [0.15, 0.2) is 0 Å². The SMILES string of the molecule is CC(=O)CCC(=O)N(C)CC1(O)CCCC1. The molecule has 0 spiro atoms. The maximum atomic E-state index is 11.6. The minimum Gasteiger partial charge on any atom is -0.388 e. The second-order valence-corrected chi connectivity index (χ2v) is 4.88. The van der Waals surface area contributed by atoms with E-state index in [9.17, 15) is 14.7 Å². The third-order valence-electron chi connectivity index (χ3n) is 3.18. The molecule has 0 saturated heterocycles. The summed E-state index contributed by atoms with van der Waals surface area (Å²) >= 11 is 0. The molecular weight excluding hydrogens is 206 g/mol. The summed E-state index contributed by atoms with van der Waals surface area (Å²) in [4.78, 5) is 23.9. The maximum absolute atomic E-state index is 11.6. The van der Waals surface area contributed by atoms with E-state index in [1.165, 1.54) is 6.92 Å². The Balaban J connectivity index is 2.36. The number of hydrogen-bond acceptors (Lipinski definition) is 3. The van der Waals surface area contributed by atoms with Crippen molar-refractivity contribution < 1.29 is 14.7 Å². The summed E-state index contributed by atoms with van der Waals surface area (Å²) < 4.78 is 0. The molecule has 1 N–H and O–H groups in total. The Bertz CT molecular complexity index is 269. The van der Waals surface area contributed by atoms with E-state index in [1.54, 1.807) is 11.9 Å². The molecule has 0 aromatic rings. The highest BCUT2D eigenvalue weighted by atomic mass is 16.3. The fraction of sp³-hybridized carbons (Fsp3) is 0.833. The van der Waals surface area contributed by atoms with Gasteiger partial charge in [0, 0.05) is 26.4 Å². The van der Waals surface area contributed by atoms with E-state index in [4.69, 9.17) is 0 Å². The fourth-order valence-corrected chi connectivity index (χ4v) is 2.19. The van der Waals surface area contributed by atoms with Gasteiger partial charge in [-0.1, -0.05) is 12.8 Å². The molecule has 4 heteroatoms. The summed E-state index contributed by atoms with van der Waals surface area (Å²) in [6.45, 7) is 1.88. The normalized spacial score (nSPS) is 18.4. The summed E-state index contributed by atoms with van der Waals surface area (Å²) in [5, 5.41) is 10.1. The summed E-state index contributed by atoms with van der Waals surface area (Å²) in [6.07, 6.45) is 4.16. The monoisotopic (exact) mass is 227 g/mol. The van der Waals surface area contributed by atoms with Gasteiger partial charge in [0.1, 0.15) is 5.78 Å². The summed E-state index contributed by atoms with van der Waals surface area (Å²) in [5.41, 5.74) is -0.694. The zero-order valence-corrected chi connectivity index (χ0v) is 10.2. The number of hydrogen-bond donors (Lipinski definition) is 1. The van der Waals surface area contributed by atoms with Gasteiger partial charge in [-0.3, -0.25) is 4.79 Å². The molecule has 4 nitrogen and oxygen atoms in total. The van der Waals surface area contributed by atoms with Gasteiger partial charge in [-0.25, -0.2) is 0 Å². The van der Waals surface area contributed by atoms with Crippen LogP contribution >= 0.6 is 0 Å². The molecule has 0 aromatic heterocycles. The highest BCUT2D eigenvalue weighted by Gasteiger charge is 2.33. The lowest BCUT2D eigenvalue weighted by Gasteiger charge is -2.28. The van der Waals surface area contributed by atoms with Gasteiger partial charge >= 0.3 is 0 Å². The molecule has 1 fully saturated rings. The van der Waals surface area contributed by atoms with Crippen LogP contribution in [0.1, 0.15) is 45.4 Å². The molecule has 1 amide bonds. The second-order valence-electron chi connectivity index (χ2n) is 4.88. The Morgan fingerprint density at radius 2 is 1.81 bits per heavy atom. The van der Waals surface area contributed by atoms with E-state index >= 15 is 0 Å². The van der Waals surface area contributed by atoms with Crippen LogP contribution in [0.2, 0.25) is 0 Å². The molecule has 1 aliphatic carbocycles. The largest absolute Gasteiger partial charge is 0.388 e. The van der Waals surface area contributed by atoms with E-state index in [1.807, 2.05) is 0 Å². The molecule has 0 atom stereocenters. The molecular formula is C12H21NO3. The van der Waals surface area contributed by atoms with Crippen molar-refractivity contribution in [2.45, 2.75) is 51.0 Å². The van der Waals surface area contributed by atoms with Gasteiger partial charge < -0.3 is 14.8 Å². The number of nitrogens with zero attached hydrogens (tertiary/aromatic N) is 1. The minimum atomic E-state index is -0.694. The van der Waals surface area contributed by atoms with Gasteiger partial charge in [0.25, 0.3) is 0 Å². The predicted molar refractivity (Wildman–Crippen MR) is 61.0 cm³/mol. The highest BCUT2D eigenvalue weighted by molar-refractivity contribution is 5.83. The minimum absolute atomic E-state index is 0.0290. The number of Topliss-reactive ketones (excluding diaryl/α,β-unsaturated/α-hetero) is 1. The van der Waals surface area contributed by atoms with Gasteiger partial charge in [-0.05, 0) is 19.8 Å². The molecule has 0 bridgehead atoms. The highest BCUT2D eigenvalue weighted by Crippen LogP contribution is 2.29. The maximum Gasteiger partial charge on any atom is 0.222 e. The van der Waals surface area contributed by atoms with Crippen molar-refractivity contribution in [2.75, 3.05) is 13.6 Å². The first-order valence-corrected chi connectivity index (χ1v) is 5.89. The van der Waals surface area contributed by atoms with Crippen molar-refractivity contribution in [3.8, 4) is 0 Å². The smallest absolute Gasteiger partial charge is 0.222 e. The van der Waals surface area contributed by atoms with E-state index in [0.717, 1.165) is 25.7 Å². The van der Waals surface area contributed by atoms with Crippen molar-refractivity contribution in [3.05, 3.63) is 0 Å². The molecule has 92 valence electrons. The summed E-state index contributed by atoms with van der Waals surface area (Å²) in [5.74, 6) is -0.0307. The molecule has 1 rings (SSSR count). The summed E-state index contributed by atoms with van der Waals surface area (Å²) in [6, 6.07) is 0. The van der Waals surface area contributed by atoms with E-state index in [2.05, 4.69) is 0 Å². The number of carbonyl (C=O) groups excluding carboxylic acids is 2. The quantitative estimate of drug-likeness (QED) is 0.765. The Morgan fingerprint density at radius 3 is 2.31 bits per heavy atom. The van der Waals surface area contributed by atoms with Crippen LogP contribution in [0.25, 0.3) is 0 Å². The molecule has 0 aliphatic heterocycles. The zero-order chi connectivity index (χ0) is 12.2. The van der Waals surface area contributed by atoms with Gasteiger partial charge in [0.15, 0.2) is 0 Å². The van der Waals surface area contributed by atoms with Crippen LogP contribution in [-0.4, -0.2) is 40.9 Å². The third-order valence-corrected chi connectivity index (χ3v) is 3.18. The standard InChI is InChI=1S/C12H21NO3/c1-10(14)5-6-11(15)13(2)9-12(16)7-3-4-8-12/h16H,3-9H2,1-2H3. The molecule has 1 saturated carbocycles. The van der Waals surface area contributed by atoms with Crippen molar-refractivity contribution in [2.24, 2.45) is 0 Å². The summed E-state index contributed by atoms with van der Waals surface area (Å²) in [7, 11) is 1.69. The third kappa shape index (κ3) is 3.93. The molecule has 16 heavy (non-hydrogen) atoms. The molecule has 0 heterocycles. The average molecular weight is 227 g/mol. The lowest BCUT2D eigenvalue weighted by atomic mass is 10.0. The Hall–Kier alpha value is -0.900. The van der Waals surface area contributed by atoms with Gasteiger partial charge in [-0.15, -0.1) is 0 Å². The van der Waals surface area contributed by atoms with E-state index in [-0.39, 0.29) is 18.1 Å². The topological polar surface area (TPSA) is 57.6 Å². The first kappa shape index (κ1) is 13.2. The lowest BCUT2D eigenvalue weighted by Crippen LogP contribution is -2.42. The molecule has 0 aromatic carbocycles. The number of aliphatic hydroxyl groups is 1. The fourth-order valence-electron chi connectivity index (χ4n) is 2.19. The Kier molecular flexibility index (Phi) is 4.47. The van der Waals surface area contributed by atoms with Crippen molar-refractivity contribution >= 4 is 11.7 Å². The van der Waals surface area contributed by atoms with Gasteiger partial charge in [0.2, 0.25) is 5.91 Å². The van der Waals surface area contributed by atoms with Crippen molar-refractivity contribution in [3.63, 3.8) is 0 Å². The van der Waals surface area contributed by atoms with E-state index in [0.29, 0.717) is 13.0 Å². The molecule has 0 radical (unpaired) electrons. The second kappa shape index (κ2) is 5.43. The Morgan fingerprint density at radius 1 is 1.25 bits per heavy atom. The van der Waals surface area contributed by atoms with Gasteiger partial charge in [-0.2, -0.15) is 0 Å². The van der Waals surface area contributed by atoms with Crippen LogP contribution in [0.3, 0.4) is 0 Å².